The third-order valence-electron chi connectivity index (χ3n) is 3.43. The Morgan fingerprint density at radius 1 is 1.29 bits per heavy atom. The number of benzene rings is 1. The van der Waals surface area contributed by atoms with E-state index in [-0.39, 0.29) is 11.6 Å². The third-order valence-corrected chi connectivity index (χ3v) is 4.41. The van der Waals surface area contributed by atoms with Crippen LogP contribution in [0.3, 0.4) is 0 Å². The Labute approximate surface area is 141 Å². The second-order valence-corrected chi connectivity index (χ2v) is 6.22. The van der Waals surface area contributed by atoms with E-state index in [9.17, 15) is 9.59 Å². The summed E-state index contributed by atoms with van der Waals surface area (Å²) in [5.41, 5.74) is 1.02. The fraction of sp³-hybridized carbons (Fsp3) is 0.267. The smallest absolute Gasteiger partial charge is 0.273 e. The van der Waals surface area contributed by atoms with Crippen molar-refractivity contribution >= 4 is 39.2 Å². The number of amides is 2. The van der Waals surface area contributed by atoms with Crippen LogP contribution in [0.4, 0.5) is 5.13 Å². The van der Waals surface area contributed by atoms with Crippen molar-refractivity contribution in [3.05, 3.63) is 35.0 Å². The molecule has 3 N–H and O–H groups in total. The number of nitrogens with zero attached hydrogens (tertiary/aromatic N) is 3. The summed E-state index contributed by atoms with van der Waals surface area (Å²) in [6.07, 6.45) is 0.756. The number of hydrogen-bond donors (Lipinski definition) is 3. The van der Waals surface area contributed by atoms with Gasteiger partial charge in [0, 0.05) is 5.39 Å². The van der Waals surface area contributed by atoms with E-state index < -0.39 is 11.9 Å². The van der Waals surface area contributed by atoms with Crippen molar-refractivity contribution in [3.63, 3.8) is 0 Å². The molecular formula is C15H16N6O2S. The zero-order valence-electron chi connectivity index (χ0n) is 13.2. The molecule has 1 aromatic carbocycles. The van der Waals surface area contributed by atoms with Gasteiger partial charge in [0.25, 0.3) is 5.91 Å². The van der Waals surface area contributed by atoms with E-state index in [1.54, 1.807) is 13.0 Å². The summed E-state index contributed by atoms with van der Waals surface area (Å²) >= 11 is 1.31. The Bertz CT molecular complexity index is 887. The minimum Gasteiger partial charge on any atom is -0.339 e. The lowest BCUT2D eigenvalue weighted by atomic mass is 10.2. The van der Waals surface area contributed by atoms with Crippen molar-refractivity contribution in [3.8, 4) is 0 Å². The fourth-order valence-corrected chi connectivity index (χ4v) is 2.81. The van der Waals surface area contributed by atoms with Gasteiger partial charge in [0.15, 0.2) is 5.69 Å². The minimum absolute atomic E-state index is 0.259. The van der Waals surface area contributed by atoms with E-state index >= 15 is 0 Å². The first kappa shape index (κ1) is 16.1. The van der Waals surface area contributed by atoms with Crippen molar-refractivity contribution in [2.24, 2.45) is 0 Å². The molecule has 0 aliphatic carbocycles. The molecule has 0 bridgehead atoms. The van der Waals surface area contributed by atoms with Gasteiger partial charge in [-0.3, -0.25) is 20.0 Å². The summed E-state index contributed by atoms with van der Waals surface area (Å²) in [5, 5.41) is 21.9. The molecule has 24 heavy (non-hydrogen) atoms. The molecule has 3 aromatic rings. The Balaban J connectivity index is 1.66. The number of aryl methyl sites for hydroxylation is 1. The second kappa shape index (κ2) is 6.75. The van der Waals surface area contributed by atoms with Gasteiger partial charge >= 0.3 is 0 Å². The van der Waals surface area contributed by atoms with Crippen LogP contribution >= 0.6 is 11.3 Å². The normalized spacial score (nSPS) is 12.1. The fourth-order valence-electron chi connectivity index (χ4n) is 2.13. The summed E-state index contributed by atoms with van der Waals surface area (Å²) in [6, 6.07) is 6.57. The number of anilines is 1. The molecule has 0 saturated heterocycles. The van der Waals surface area contributed by atoms with Crippen molar-refractivity contribution in [1.29, 1.82) is 0 Å². The maximum Gasteiger partial charge on any atom is 0.273 e. The van der Waals surface area contributed by atoms with Crippen LogP contribution in [0.1, 0.15) is 29.3 Å². The molecule has 0 fully saturated rings. The average Bonchev–Trinajstić information content (AvgIpc) is 3.21. The first-order chi connectivity index (χ1) is 11.6. The van der Waals surface area contributed by atoms with Crippen LogP contribution in [0.5, 0.6) is 0 Å². The summed E-state index contributed by atoms with van der Waals surface area (Å²) in [4.78, 5) is 24.5. The SMILES string of the molecule is CCc1nnc(NC(=O)[C@H](C)NC(=O)c2n[nH]c3ccccc23)s1. The Morgan fingerprint density at radius 3 is 2.83 bits per heavy atom. The summed E-state index contributed by atoms with van der Waals surface area (Å²) in [7, 11) is 0. The number of para-hydroxylation sites is 1. The highest BCUT2D eigenvalue weighted by Crippen LogP contribution is 2.16. The van der Waals surface area contributed by atoms with Crippen molar-refractivity contribution in [2.45, 2.75) is 26.3 Å². The van der Waals surface area contributed by atoms with E-state index in [1.165, 1.54) is 11.3 Å². The molecule has 3 rings (SSSR count). The van der Waals surface area contributed by atoms with Gasteiger partial charge in [-0.1, -0.05) is 36.5 Å². The molecule has 1 atom stereocenters. The number of carbonyl (C=O) groups excluding carboxylic acids is 2. The van der Waals surface area contributed by atoms with E-state index in [0.29, 0.717) is 10.5 Å². The molecule has 9 heteroatoms. The summed E-state index contributed by atoms with van der Waals surface area (Å²) in [6.45, 7) is 3.56. The van der Waals surface area contributed by atoms with Gasteiger partial charge in [-0.2, -0.15) is 5.10 Å². The van der Waals surface area contributed by atoms with Crippen LogP contribution in [-0.4, -0.2) is 38.3 Å². The van der Waals surface area contributed by atoms with E-state index in [1.807, 2.05) is 25.1 Å². The lowest BCUT2D eigenvalue weighted by Gasteiger charge is -2.11. The van der Waals surface area contributed by atoms with E-state index in [2.05, 4.69) is 31.0 Å². The van der Waals surface area contributed by atoms with Crippen LogP contribution in [-0.2, 0) is 11.2 Å². The van der Waals surface area contributed by atoms with Gasteiger partial charge in [0.05, 0.1) is 5.52 Å². The number of fused-ring (bicyclic) bond motifs is 1. The van der Waals surface area contributed by atoms with Crippen molar-refractivity contribution in [2.75, 3.05) is 5.32 Å². The molecule has 124 valence electrons. The van der Waals surface area contributed by atoms with Gasteiger partial charge in [-0.25, -0.2) is 0 Å². The molecule has 0 spiro atoms. The van der Waals surface area contributed by atoms with Gasteiger partial charge in [-0.15, -0.1) is 10.2 Å². The van der Waals surface area contributed by atoms with Crippen LogP contribution in [0.2, 0.25) is 0 Å². The van der Waals surface area contributed by atoms with Crippen molar-refractivity contribution in [1.82, 2.24) is 25.7 Å². The first-order valence-corrected chi connectivity index (χ1v) is 8.27. The van der Waals surface area contributed by atoms with Gasteiger partial charge in [0.2, 0.25) is 11.0 Å². The minimum atomic E-state index is -0.734. The number of hydrogen-bond acceptors (Lipinski definition) is 6. The highest BCUT2D eigenvalue weighted by atomic mass is 32.1. The molecule has 0 saturated carbocycles. The van der Waals surface area contributed by atoms with Gasteiger partial charge in [0.1, 0.15) is 11.0 Å². The zero-order chi connectivity index (χ0) is 17.1. The van der Waals surface area contributed by atoms with Crippen LogP contribution in [0, 0.1) is 0 Å². The monoisotopic (exact) mass is 344 g/mol. The number of aromatic amines is 1. The molecule has 2 heterocycles. The second-order valence-electron chi connectivity index (χ2n) is 5.16. The first-order valence-electron chi connectivity index (χ1n) is 7.45. The lowest BCUT2D eigenvalue weighted by Crippen LogP contribution is -2.41. The molecular weight excluding hydrogens is 328 g/mol. The molecule has 0 aliphatic rings. The third kappa shape index (κ3) is 3.25. The number of rotatable bonds is 5. The molecule has 0 radical (unpaired) electrons. The maximum absolute atomic E-state index is 12.3. The van der Waals surface area contributed by atoms with Crippen LogP contribution in [0.15, 0.2) is 24.3 Å². The highest BCUT2D eigenvalue weighted by molar-refractivity contribution is 7.15. The molecule has 8 nitrogen and oxygen atoms in total. The van der Waals surface area contributed by atoms with E-state index in [0.717, 1.165) is 16.9 Å². The number of nitrogens with one attached hydrogen (secondary N) is 3. The molecule has 0 aliphatic heterocycles. The number of carbonyl (C=O) groups is 2. The molecule has 2 aromatic heterocycles. The zero-order valence-corrected chi connectivity index (χ0v) is 14.0. The van der Waals surface area contributed by atoms with E-state index in [4.69, 9.17) is 0 Å². The predicted octanol–water partition coefficient (Wildman–Crippen LogP) is 1.73. The molecule has 2 amide bonds. The van der Waals surface area contributed by atoms with Gasteiger partial charge in [-0.05, 0) is 19.4 Å². The predicted molar refractivity (Wildman–Crippen MR) is 90.9 cm³/mol. The van der Waals surface area contributed by atoms with Crippen LogP contribution < -0.4 is 10.6 Å². The Morgan fingerprint density at radius 2 is 2.08 bits per heavy atom. The number of H-pyrrole nitrogens is 1. The number of aromatic nitrogens is 4. The Kier molecular flexibility index (Phi) is 4.52. The average molecular weight is 344 g/mol. The maximum atomic E-state index is 12.3. The summed E-state index contributed by atoms with van der Waals surface area (Å²) in [5.74, 6) is -0.774. The lowest BCUT2D eigenvalue weighted by molar-refractivity contribution is -0.117. The van der Waals surface area contributed by atoms with Crippen LogP contribution in [0.25, 0.3) is 10.9 Å². The van der Waals surface area contributed by atoms with Gasteiger partial charge < -0.3 is 5.32 Å². The standard InChI is InChI=1S/C15H16N6O2S/c1-3-11-19-21-15(24-11)17-13(22)8(2)16-14(23)12-9-6-4-5-7-10(9)18-20-12/h4-8H,3H2,1-2H3,(H,16,23)(H,18,20)(H,17,21,22)/t8-/m0/s1. The highest BCUT2D eigenvalue weighted by Gasteiger charge is 2.21. The summed E-state index contributed by atoms with van der Waals surface area (Å²) < 4.78 is 0. The molecule has 0 unspecified atom stereocenters. The Hall–Kier alpha value is -2.81. The van der Waals surface area contributed by atoms with Crippen molar-refractivity contribution < 1.29 is 9.59 Å². The topological polar surface area (TPSA) is 113 Å². The quantitative estimate of drug-likeness (QED) is 0.652. The largest absolute Gasteiger partial charge is 0.339 e.